The fourth-order valence-electron chi connectivity index (χ4n) is 4.56. The maximum absolute atomic E-state index is 13.9. The van der Waals surface area contributed by atoms with Gasteiger partial charge in [0.05, 0.1) is 4.87 Å². The number of nitrogens with one attached hydrogen (secondary N) is 2. The summed E-state index contributed by atoms with van der Waals surface area (Å²) in [6.07, 6.45) is 0. The number of benzene rings is 3. The van der Waals surface area contributed by atoms with Crippen LogP contribution >= 0.6 is 23.2 Å². The van der Waals surface area contributed by atoms with E-state index in [1.54, 1.807) is 26.0 Å². The van der Waals surface area contributed by atoms with Gasteiger partial charge in [0.1, 0.15) is 13.7 Å². The third kappa shape index (κ3) is 4.87. The minimum Gasteiger partial charge on any atom is -0.359 e. The van der Waals surface area contributed by atoms with E-state index in [0.29, 0.717) is 21.7 Å². The number of hydrogen-bond donors (Lipinski definition) is 2. The van der Waals surface area contributed by atoms with Crippen LogP contribution in [0, 0.1) is 25.6 Å². The van der Waals surface area contributed by atoms with E-state index in [9.17, 15) is 9.18 Å². The van der Waals surface area contributed by atoms with E-state index in [4.69, 9.17) is 23.2 Å². The quantitative estimate of drug-likeness (QED) is 0.328. The molecule has 1 aliphatic rings. The van der Waals surface area contributed by atoms with Gasteiger partial charge in [0, 0.05) is 39.5 Å². The van der Waals surface area contributed by atoms with Crippen LogP contribution in [0.15, 0.2) is 66.9 Å². The normalized spacial score (nSPS) is 21.1. The summed E-state index contributed by atoms with van der Waals surface area (Å²) in [5.41, 5.74) is 5.91. The Morgan fingerprint density at radius 2 is 1.74 bits per heavy atom. The van der Waals surface area contributed by atoms with E-state index in [-0.39, 0.29) is 23.6 Å². The molecule has 0 radical (unpaired) electrons. The molecule has 0 aromatic heterocycles. The molecule has 3 aromatic carbocycles. The summed E-state index contributed by atoms with van der Waals surface area (Å²) in [5.74, 6) is -0.590. The van der Waals surface area contributed by atoms with Crippen molar-refractivity contribution in [2.45, 2.75) is 31.6 Å². The SMILES string of the molecule is Bc1ccc(NC(=O)c2cc(NC(=C)C3C(c4cc(C)cc(Cl)c4)C3(C)Cl)ccc2C)cc1F. The van der Waals surface area contributed by atoms with Crippen LogP contribution in [0.1, 0.15) is 39.9 Å². The van der Waals surface area contributed by atoms with Crippen LogP contribution < -0.4 is 16.1 Å². The summed E-state index contributed by atoms with van der Waals surface area (Å²) in [7, 11) is 1.68. The number of rotatable bonds is 6. The highest BCUT2D eigenvalue weighted by Gasteiger charge is 2.62. The Morgan fingerprint density at radius 1 is 1.06 bits per heavy atom. The van der Waals surface area contributed by atoms with Crippen LogP contribution in [0.5, 0.6) is 0 Å². The summed E-state index contributed by atoms with van der Waals surface area (Å²) < 4.78 is 13.9. The van der Waals surface area contributed by atoms with Gasteiger partial charge in [-0.3, -0.25) is 4.79 Å². The number of allylic oxidation sites excluding steroid dienone is 1. The van der Waals surface area contributed by atoms with Gasteiger partial charge in [-0.05, 0) is 73.9 Å². The number of hydrogen-bond acceptors (Lipinski definition) is 2. The summed E-state index contributed by atoms with van der Waals surface area (Å²) in [6, 6.07) is 16.1. The second-order valence-electron chi connectivity index (χ2n) is 9.27. The number of carbonyl (C=O) groups is 1. The smallest absolute Gasteiger partial charge is 0.256 e. The highest BCUT2D eigenvalue weighted by atomic mass is 35.5. The maximum Gasteiger partial charge on any atom is 0.256 e. The third-order valence-corrected chi connectivity index (χ3v) is 7.14. The monoisotopic (exact) mass is 494 g/mol. The lowest BCUT2D eigenvalue weighted by atomic mass is 9.95. The molecule has 3 aromatic rings. The third-order valence-electron chi connectivity index (χ3n) is 6.46. The topological polar surface area (TPSA) is 41.1 Å². The molecule has 3 atom stereocenters. The minimum absolute atomic E-state index is 0.00106. The van der Waals surface area contributed by atoms with Crippen LogP contribution in [0.3, 0.4) is 0 Å². The molecule has 1 fully saturated rings. The van der Waals surface area contributed by atoms with Crippen molar-refractivity contribution in [1.29, 1.82) is 0 Å². The van der Waals surface area contributed by atoms with E-state index in [1.807, 2.05) is 45.0 Å². The van der Waals surface area contributed by atoms with Gasteiger partial charge in [-0.15, -0.1) is 11.6 Å². The molecule has 1 amide bonds. The molecule has 34 heavy (non-hydrogen) atoms. The number of carbonyl (C=O) groups excluding carboxylic acids is 1. The summed E-state index contributed by atoms with van der Waals surface area (Å²) >= 11 is 13.1. The zero-order chi connectivity index (χ0) is 24.8. The Bertz CT molecular complexity index is 1290. The Morgan fingerprint density at radius 3 is 2.41 bits per heavy atom. The van der Waals surface area contributed by atoms with Crippen molar-refractivity contribution in [3.05, 3.63) is 100.0 Å². The van der Waals surface area contributed by atoms with Crippen molar-refractivity contribution in [2.24, 2.45) is 5.92 Å². The van der Waals surface area contributed by atoms with Gasteiger partial charge >= 0.3 is 0 Å². The number of amides is 1. The molecule has 1 aliphatic carbocycles. The zero-order valence-electron chi connectivity index (χ0n) is 19.6. The number of anilines is 2. The van der Waals surface area contributed by atoms with Gasteiger partial charge in [-0.1, -0.05) is 41.8 Å². The van der Waals surface area contributed by atoms with E-state index in [2.05, 4.69) is 23.3 Å². The number of aryl methyl sites for hydroxylation is 2. The summed E-state index contributed by atoms with van der Waals surface area (Å²) in [4.78, 5) is 12.4. The van der Waals surface area contributed by atoms with Gasteiger partial charge in [-0.2, -0.15) is 0 Å². The first kappa shape index (κ1) is 24.4. The van der Waals surface area contributed by atoms with Crippen molar-refractivity contribution in [1.82, 2.24) is 0 Å². The number of halogens is 3. The van der Waals surface area contributed by atoms with Crippen LogP contribution in [0.4, 0.5) is 15.8 Å². The highest BCUT2D eigenvalue weighted by molar-refractivity contribution is 6.32. The molecular weight excluding hydrogens is 469 g/mol. The first-order valence-electron chi connectivity index (χ1n) is 11.1. The van der Waals surface area contributed by atoms with Crippen molar-refractivity contribution in [3.63, 3.8) is 0 Å². The van der Waals surface area contributed by atoms with Crippen molar-refractivity contribution < 1.29 is 9.18 Å². The Hall–Kier alpha value is -2.76. The minimum atomic E-state index is -0.485. The maximum atomic E-state index is 13.9. The first-order chi connectivity index (χ1) is 16.0. The predicted molar refractivity (Wildman–Crippen MR) is 143 cm³/mol. The molecule has 0 spiro atoms. The molecule has 174 valence electrons. The van der Waals surface area contributed by atoms with E-state index < -0.39 is 4.87 Å². The van der Waals surface area contributed by atoms with Crippen molar-refractivity contribution in [2.75, 3.05) is 10.6 Å². The molecule has 3 unspecified atom stereocenters. The largest absolute Gasteiger partial charge is 0.359 e. The number of alkyl halides is 1. The molecule has 0 bridgehead atoms. The van der Waals surface area contributed by atoms with Gasteiger partial charge in [0.2, 0.25) is 0 Å². The van der Waals surface area contributed by atoms with Crippen LogP contribution in [0.2, 0.25) is 5.02 Å². The molecule has 4 rings (SSSR count). The Labute approximate surface area is 210 Å². The van der Waals surface area contributed by atoms with Gasteiger partial charge in [0.15, 0.2) is 0 Å². The molecule has 7 heteroatoms. The van der Waals surface area contributed by atoms with Gasteiger partial charge in [0.25, 0.3) is 5.91 Å². The molecule has 0 heterocycles. The lowest BCUT2D eigenvalue weighted by Crippen LogP contribution is -2.16. The molecule has 0 saturated heterocycles. The van der Waals surface area contributed by atoms with E-state index >= 15 is 0 Å². The van der Waals surface area contributed by atoms with Crippen LogP contribution in [-0.4, -0.2) is 18.6 Å². The fourth-order valence-corrected chi connectivity index (χ4v) is 5.31. The van der Waals surface area contributed by atoms with Crippen molar-refractivity contribution in [3.8, 4) is 0 Å². The summed E-state index contributed by atoms with van der Waals surface area (Å²) in [5, 5.41) is 6.80. The second-order valence-corrected chi connectivity index (χ2v) is 10.5. The predicted octanol–water partition coefficient (Wildman–Crippen LogP) is 5.94. The Balaban J connectivity index is 1.51. The second kappa shape index (κ2) is 9.12. The first-order valence-corrected chi connectivity index (χ1v) is 11.8. The standard InChI is InChI=1S/C27H26BCl2FN2O/c1-14-9-17(11-18(29)10-14)25-24(27(25,4)30)16(3)32-19-6-5-15(2)21(12-19)26(34)33-20-7-8-22(28)23(31)13-20/h5-13,24-25,32H,3,28H2,1-2,4H3,(H,33,34). The van der Waals surface area contributed by atoms with E-state index in [0.717, 1.165) is 28.1 Å². The zero-order valence-corrected chi connectivity index (χ0v) is 21.1. The highest BCUT2D eigenvalue weighted by Crippen LogP contribution is 2.64. The molecule has 2 N–H and O–H groups in total. The van der Waals surface area contributed by atoms with Gasteiger partial charge < -0.3 is 10.6 Å². The molecule has 3 nitrogen and oxygen atoms in total. The summed E-state index contributed by atoms with van der Waals surface area (Å²) in [6.45, 7) is 10.1. The lowest BCUT2D eigenvalue weighted by molar-refractivity contribution is 0.102. The molecule has 1 saturated carbocycles. The molecule has 0 aliphatic heterocycles. The lowest BCUT2D eigenvalue weighted by Gasteiger charge is -2.14. The van der Waals surface area contributed by atoms with Gasteiger partial charge in [-0.25, -0.2) is 4.39 Å². The average Bonchev–Trinajstić information content (AvgIpc) is 3.33. The van der Waals surface area contributed by atoms with Crippen molar-refractivity contribution >= 4 is 53.8 Å². The fraction of sp³-hybridized carbons (Fsp3) is 0.222. The van der Waals surface area contributed by atoms with Crippen LogP contribution in [0.25, 0.3) is 0 Å². The van der Waals surface area contributed by atoms with E-state index in [1.165, 1.54) is 6.07 Å². The Kier molecular flexibility index (Phi) is 6.54. The van der Waals surface area contributed by atoms with Crippen LogP contribution in [-0.2, 0) is 0 Å². The molecular formula is C27H26BCl2FN2O. The average molecular weight is 495 g/mol.